The molecule has 0 radical (unpaired) electrons. The van der Waals surface area contributed by atoms with Crippen LogP contribution in [0.25, 0.3) is 0 Å². The number of esters is 2. The normalized spacial score (nSPS) is 12.4. The fraction of sp³-hybridized carbons (Fsp3) is 0.838. The average Bonchev–Trinajstić information content (AvgIpc) is 2.99. The number of allylic oxidation sites excluding steroid dienone is 4. The van der Waals surface area contributed by atoms with E-state index in [1.54, 1.807) is 0 Å². The molecule has 0 aromatic heterocycles. The third-order valence-corrected chi connectivity index (χ3v) is 7.69. The van der Waals surface area contributed by atoms with Crippen molar-refractivity contribution in [3.63, 3.8) is 0 Å². The SMILES string of the molecule is CCCCC/C=C\C/C=C\CCCCCCCC(=O)OC[C@@H](O)COC(=O)CCCCCCCCCCCCCCC. The minimum absolute atomic E-state index is 0.117. The Morgan fingerprint density at radius 2 is 0.833 bits per heavy atom. The van der Waals surface area contributed by atoms with Crippen LogP contribution in [0.15, 0.2) is 24.3 Å². The summed E-state index contributed by atoms with van der Waals surface area (Å²) >= 11 is 0. The van der Waals surface area contributed by atoms with Crippen molar-refractivity contribution in [1.82, 2.24) is 0 Å². The van der Waals surface area contributed by atoms with Crippen LogP contribution in [0.5, 0.6) is 0 Å². The molecule has 1 N–H and O–H groups in total. The second-order valence-corrected chi connectivity index (χ2v) is 12.0. The number of rotatable bonds is 32. The highest BCUT2D eigenvalue weighted by atomic mass is 16.6. The Morgan fingerprint density at radius 1 is 0.500 bits per heavy atom. The fourth-order valence-electron chi connectivity index (χ4n) is 4.94. The van der Waals surface area contributed by atoms with E-state index in [1.165, 1.54) is 103 Å². The minimum Gasteiger partial charge on any atom is -0.463 e. The zero-order valence-corrected chi connectivity index (χ0v) is 27.8. The van der Waals surface area contributed by atoms with E-state index in [-0.39, 0.29) is 25.2 Å². The van der Waals surface area contributed by atoms with Gasteiger partial charge in [-0.1, -0.05) is 147 Å². The quantitative estimate of drug-likeness (QED) is 0.0478. The van der Waals surface area contributed by atoms with Crippen molar-refractivity contribution in [2.45, 2.75) is 187 Å². The number of hydrogen-bond acceptors (Lipinski definition) is 5. The molecule has 0 aromatic rings. The smallest absolute Gasteiger partial charge is 0.305 e. The summed E-state index contributed by atoms with van der Waals surface area (Å²) in [5, 5.41) is 9.97. The van der Waals surface area contributed by atoms with E-state index >= 15 is 0 Å². The standard InChI is InChI=1S/C37H68O5/c1-3-5-7-9-11-13-15-17-18-20-22-24-26-28-30-32-37(40)42-34-35(38)33-41-36(39)31-29-27-25-23-21-19-16-14-12-10-8-6-4-2/h11,13,17-18,35,38H,3-10,12,14-16,19-34H2,1-2H3/b13-11-,18-17-/t35-/m0/s1. The minimum atomic E-state index is -0.964. The van der Waals surface area contributed by atoms with Gasteiger partial charge >= 0.3 is 11.9 Å². The molecule has 1 atom stereocenters. The fourth-order valence-corrected chi connectivity index (χ4v) is 4.94. The highest BCUT2D eigenvalue weighted by Gasteiger charge is 2.12. The lowest BCUT2D eigenvalue weighted by molar-refractivity contribution is -0.152. The van der Waals surface area contributed by atoms with Crippen molar-refractivity contribution in [2.75, 3.05) is 13.2 Å². The number of aliphatic hydroxyl groups excluding tert-OH is 1. The van der Waals surface area contributed by atoms with Gasteiger partial charge in [0.2, 0.25) is 0 Å². The predicted octanol–water partition coefficient (Wildman–Crippen LogP) is 10.7. The van der Waals surface area contributed by atoms with Gasteiger partial charge in [-0.2, -0.15) is 0 Å². The molecule has 42 heavy (non-hydrogen) atoms. The Morgan fingerprint density at radius 3 is 1.26 bits per heavy atom. The van der Waals surface area contributed by atoms with Gasteiger partial charge in [-0.25, -0.2) is 0 Å². The lowest BCUT2D eigenvalue weighted by Gasteiger charge is -2.12. The summed E-state index contributed by atoms with van der Waals surface area (Å²) in [6.45, 7) is 4.26. The summed E-state index contributed by atoms with van der Waals surface area (Å²) in [6, 6.07) is 0. The molecule has 0 aromatic carbocycles. The molecule has 246 valence electrons. The van der Waals surface area contributed by atoms with E-state index in [0.29, 0.717) is 12.8 Å². The Labute approximate surface area is 260 Å². The van der Waals surface area contributed by atoms with Crippen molar-refractivity contribution in [3.8, 4) is 0 Å². The second kappa shape index (κ2) is 33.9. The van der Waals surface area contributed by atoms with E-state index in [0.717, 1.165) is 51.4 Å². The molecule has 0 rings (SSSR count). The molecule has 0 fully saturated rings. The van der Waals surface area contributed by atoms with Crippen LogP contribution in [0.2, 0.25) is 0 Å². The van der Waals surface area contributed by atoms with Crippen LogP contribution >= 0.6 is 0 Å². The largest absolute Gasteiger partial charge is 0.463 e. The number of carbonyl (C=O) groups excluding carboxylic acids is 2. The maximum Gasteiger partial charge on any atom is 0.305 e. The molecule has 0 saturated carbocycles. The van der Waals surface area contributed by atoms with Gasteiger partial charge in [0, 0.05) is 12.8 Å². The van der Waals surface area contributed by atoms with Gasteiger partial charge in [-0.15, -0.1) is 0 Å². The van der Waals surface area contributed by atoms with Gasteiger partial charge in [0.25, 0.3) is 0 Å². The van der Waals surface area contributed by atoms with Gasteiger partial charge in [-0.05, 0) is 44.9 Å². The monoisotopic (exact) mass is 593 g/mol. The Balaban J connectivity index is 3.45. The summed E-state index contributed by atoms with van der Waals surface area (Å²) < 4.78 is 10.3. The lowest BCUT2D eigenvalue weighted by Crippen LogP contribution is -2.25. The van der Waals surface area contributed by atoms with Gasteiger partial charge in [0.05, 0.1) is 0 Å². The first-order valence-electron chi connectivity index (χ1n) is 17.9. The molecule has 5 nitrogen and oxygen atoms in total. The molecule has 0 aliphatic rings. The van der Waals surface area contributed by atoms with Crippen molar-refractivity contribution < 1.29 is 24.2 Å². The third-order valence-electron chi connectivity index (χ3n) is 7.69. The van der Waals surface area contributed by atoms with Crippen molar-refractivity contribution >= 4 is 11.9 Å². The summed E-state index contributed by atoms with van der Waals surface area (Å²) in [7, 11) is 0. The van der Waals surface area contributed by atoms with Crippen LogP contribution in [0.3, 0.4) is 0 Å². The van der Waals surface area contributed by atoms with E-state index in [1.807, 2.05) is 0 Å². The zero-order valence-electron chi connectivity index (χ0n) is 27.8. The average molecular weight is 593 g/mol. The van der Waals surface area contributed by atoms with Crippen molar-refractivity contribution in [3.05, 3.63) is 24.3 Å². The first-order valence-corrected chi connectivity index (χ1v) is 17.9. The molecule has 0 bridgehead atoms. The number of unbranched alkanes of at least 4 members (excludes halogenated alkanes) is 20. The van der Waals surface area contributed by atoms with Crippen LogP contribution in [0.4, 0.5) is 0 Å². The number of aliphatic hydroxyl groups is 1. The van der Waals surface area contributed by atoms with E-state index in [4.69, 9.17) is 9.47 Å². The van der Waals surface area contributed by atoms with Crippen molar-refractivity contribution in [2.24, 2.45) is 0 Å². The summed E-state index contributed by atoms with van der Waals surface area (Å²) in [6.07, 6.45) is 37.9. The van der Waals surface area contributed by atoms with Crippen molar-refractivity contribution in [1.29, 1.82) is 0 Å². The Kier molecular flexibility index (Phi) is 32.6. The van der Waals surface area contributed by atoms with E-state index in [9.17, 15) is 14.7 Å². The van der Waals surface area contributed by atoms with Crippen LogP contribution in [-0.4, -0.2) is 36.4 Å². The molecule has 0 saturated heterocycles. The molecule has 0 heterocycles. The van der Waals surface area contributed by atoms with Gasteiger partial charge < -0.3 is 14.6 Å². The lowest BCUT2D eigenvalue weighted by atomic mass is 10.0. The van der Waals surface area contributed by atoms with E-state index in [2.05, 4.69) is 38.2 Å². The number of carbonyl (C=O) groups is 2. The molecule has 0 spiro atoms. The predicted molar refractivity (Wildman–Crippen MR) is 178 cm³/mol. The number of hydrogen-bond donors (Lipinski definition) is 1. The second-order valence-electron chi connectivity index (χ2n) is 12.0. The van der Waals surface area contributed by atoms with Gasteiger partial charge in [0.1, 0.15) is 19.3 Å². The highest BCUT2D eigenvalue weighted by Crippen LogP contribution is 2.13. The topological polar surface area (TPSA) is 72.8 Å². The molecular weight excluding hydrogens is 524 g/mol. The zero-order chi connectivity index (χ0) is 30.8. The van der Waals surface area contributed by atoms with E-state index < -0.39 is 6.10 Å². The maximum atomic E-state index is 11.9. The molecule has 0 amide bonds. The highest BCUT2D eigenvalue weighted by molar-refractivity contribution is 5.69. The third kappa shape index (κ3) is 32.9. The molecule has 0 aliphatic heterocycles. The molecule has 0 unspecified atom stereocenters. The van der Waals surface area contributed by atoms with Crippen LogP contribution in [0, 0.1) is 0 Å². The van der Waals surface area contributed by atoms with Crippen LogP contribution < -0.4 is 0 Å². The molecular formula is C37H68O5. The summed E-state index contributed by atoms with van der Waals surface area (Å²) in [4.78, 5) is 23.8. The van der Waals surface area contributed by atoms with Gasteiger partial charge in [-0.3, -0.25) is 9.59 Å². The summed E-state index contributed by atoms with van der Waals surface area (Å²) in [5.74, 6) is -0.577. The Hall–Kier alpha value is -1.62. The van der Waals surface area contributed by atoms with Crippen LogP contribution in [-0.2, 0) is 19.1 Å². The maximum absolute atomic E-state index is 11.9. The molecule has 5 heteroatoms. The van der Waals surface area contributed by atoms with Crippen LogP contribution in [0.1, 0.15) is 181 Å². The Bertz CT molecular complexity index is 642. The van der Waals surface area contributed by atoms with Gasteiger partial charge in [0.15, 0.2) is 0 Å². The first kappa shape index (κ1) is 40.4. The summed E-state index contributed by atoms with van der Waals surface area (Å²) in [5.41, 5.74) is 0. The molecule has 0 aliphatic carbocycles. The first-order chi connectivity index (χ1) is 20.6. The number of ether oxygens (including phenoxy) is 2.